The molecule has 16 heavy (non-hydrogen) atoms. The molecule has 0 aliphatic carbocycles. The van der Waals surface area contributed by atoms with Crippen LogP contribution in [0.1, 0.15) is 11.3 Å². The molecular weight excluding hydrogens is 217 g/mol. The zero-order valence-electron chi connectivity index (χ0n) is 8.47. The van der Waals surface area contributed by atoms with Gasteiger partial charge in [-0.25, -0.2) is 4.98 Å². The SMILES string of the molecule is Cc1ccc2nc(C(F)(F)F)cc(N)c2c1. The Hall–Kier alpha value is -1.78. The lowest BCUT2D eigenvalue weighted by atomic mass is 10.1. The summed E-state index contributed by atoms with van der Waals surface area (Å²) in [6, 6.07) is 5.82. The number of fused-ring (bicyclic) bond motifs is 1. The van der Waals surface area contributed by atoms with Gasteiger partial charge in [0.15, 0.2) is 0 Å². The van der Waals surface area contributed by atoms with Gasteiger partial charge in [0, 0.05) is 11.1 Å². The van der Waals surface area contributed by atoms with Crippen molar-refractivity contribution in [2.45, 2.75) is 13.1 Å². The van der Waals surface area contributed by atoms with E-state index in [4.69, 9.17) is 5.73 Å². The van der Waals surface area contributed by atoms with Crippen LogP contribution in [0.15, 0.2) is 24.3 Å². The summed E-state index contributed by atoms with van der Waals surface area (Å²) in [7, 11) is 0. The van der Waals surface area contributed by atoms with Gasteiger partial charge in [-0.2, -0.15) is 13.2 Å². The Labute approximate surface area is 89.9 Å². The monoisotopic (exact) mass is 226 g/mol. The molecule has 0 aliphatic heterocycles. The van der Waals surface area contributed by atoms with E-state index in [1.165, 1.54) is 6.07 Å². The Bertz CT molecular complexity index is 547. The highest BCUT2D eigenvalue weighted by Crippen LogP contribution is 2.32. The number of anilines is 1. The molecule has 0 saturated heterocycles. The molecule has 1 aromatic heterocycles. The Morgan fingerprint density at radius 3 is 2.50 bits per heavy atom. The van der Waals surface area contributed by atoms with Crippen molar-refractivity contribution >= 4 is 16.6 Å². The largest absolute Gasteiger partial charge is 0.433 e. The summed E-state index contributed by atoms with van der Waals surface area (Å²) in [4.78, 5) is 3.54. The first-order chi connectivity index (χ1) is 7.38. The summed E-state index contributed by atoms with van der Waals surface area (Å²) in [5, 5.41) is 0.549. The second-order valence-electron chi connectivity index (χ2n) is 3.62. The van der Waals surface area contributed by atoms with E-state index >= 15 is 0 Å². The number of aryl methyl sites for hydroxylation is 1. The zero-order chi connectivity index (χ0) is 11.9. The van der Waals surface area contributed by atoms with E-state index in [9.17, 15) is 13.2 Å². The van der Waals surface area contributed by atoms with Crippen LogP contribution in [0.4, 0.5) is 18.9 Å². The summed E-state index contributed by atoms with van der Waals surface area (Å²) in [6.45, 7) is 1.84. The molecule has 2 nitrogen and oxygen atoms in total. The summed E-state index contributed by atoms with van der Waals surface area (Å²) in [6.07, 6.45) is -4.47. The zero-order valence-corrected chi connectivity index (χ0v) is 8.47. The number of nitrogen functional groups attached to an aromatic ring is 1. The predicted octanol–water partition coefficient (Wildman–Crippen LogP) is 3.14. The Kier molecular flexibility index (Phi) is 2.26. The number of rotatable bonds is 0. The highest BCUT2D eigenvalue weighted by atomic mass is 19.4. The molecule has 84 valence electrons. The van der Waals surface area contributed by atoms with Gasteiger partial charge in [0.1, 0.15) is 5.69 Å². The van der Waals surface area contributed by atoms with Crippen molar-refractivity contribution in [2.75, 3.05) is 5.73 Å². The first-order valence-electron chi connectivity index (χ1n) is 4.62. The van der Waals surface area contributed by atoms with Gasteiger partial charge >= 0.3 is 6.18 Å². The van der Waals surface area contributed by atoms with Crippen molar-refractivity contribution in [1.82, 2.24) is 4.98 Å². The molecule has 2 rings (SSSR count). The number of nitrogens with two attached hydrogens (primary N) is 1. The summed E-state index contributed by atoms with van der Waals surface area (Å²) >= 11 is 0. The smallest absolute Gasteiger partial charge is 0.398 e. The molecule has 0 atom stereocenters. The molecule has 0 radical (unpaired) electrons. The van der Waals surface area contributed by atoms with Crippen molar-refractivity contribution in [1.29, 1.82) is 0 Å². The van der Waals surface area contributed by atoms with Gasteiger partial charge in [0.05, 0.1) is 5.52 Å². The second kappa shape index (κ2) is 3.37. The van der Waals surface area contributed by atoms with Crippen LogP contribution >= 0.6 is 0 Å². The number of pyridine rings is 1. The first-order valence-corrected chi connectivity index (χ1v) is 4.62. The maximum atomic E-state index is 12.5. The average molecular weight is 226 g/mol. The molecule has 0 spiro atoms. The standard InChI is InChI=1S/C11H9F3N2/c1-6-2-3-9-7(4-6)8(15)5-10(16-9)11(12,13)14/h2-5H,1H3,(H2,15,16). The quantitative estimate of drug-likeness (QED) is 0.749. The lowest BCUT2D eigenvalue weighted by Gasteiger charge is -2.09. The fourth-order valence-electron chi connectivity index (χ4n) is 1.51. The van der Waals surface area contributed by atoms with Crippen molar-refractivity contribution < 1.29 is 13.2 Å². The number of alkyl halides is 3. The molecule has 1 aromatic carbocycles. The summed E-state index contributed by atoms with van der Waals surface area (Å²) in [5.41, 5.74) is 5.92. The van der Waals surface area contributed by atoms with Crippen molar-refractivity contribution in [3.63, 3.8) is 0 Å². The van der Waals surface area contributed by atoms with E-state index in [2.05, 4.69) is 4.98 Å². The lowest BCUT2D eigenvalue weighted by molar-refractivity contribution is -0.140. The molecule has 2 aromatic rings. The van der Waals surface area contributed by atoms with Gasteiger partial charge in [-0.3, -0.25) is 0 Å². The Balaban J connectivity index is 2.74. The second-order valence-corrected chi connectivity index (χ2v) is 3.62. The van der Waals surface area contributed by atoms with Crippen molar-refractivity contribution in [3.05, 3.63) is 35.5 Å². The van der Waals surface area contributed by atoms with E-state index in [1.807, 2.05) is 6.92 Å². The number of aromatic nitrogens is 1. The number of halogens is 3. The van der Waals surface area contributed by atoms with Crippen LogP contribution in [0.2, 0.25) is 0 Å². The molecule has 0 bridgehead atoms. The van der Waals surface area contributed by atoms with Crippen LogP contribution in [0.5, 0.6) is 0 Å². The van der Waals surface area contributed by atoms with Crippen LogP contribution < -0.4 is 5.73 Å². The van der Waals surface area contributed by atoms with Crippen LogP contribution in [-0.4, -0.2) is 4.98 Å². The number of hydrogen-bond donors (Lipinski definition) is 1. The Morgan fingerprint density at radius 1 is 1.19 bits per heavy atom. The summed E-state index contributed by atoms with van der Waals surface area (Å²) in [5.74, 6) is 0. The van der Waals surface area contributed by atoms with E-state index in [1.54, 1.807) is 12.1 Å². The Morgan fingerprint density at radius 2 is 1.88 bits per heavy atom. The van der Waals surface area contributed by atoms with Crippen LogP contribution in [0, 0.1) is 6.92 Å². The van der Waals surface area contributed by atoms with E-state index in [-0.39, 0.29) is 11.2 Å². The summed E-state index contributed by atoms with van der Waals surface area (Å²) < 4.78 is 37.4. The van der Waals surface area contributed by atoms with E-state index in [0.29, 0.717) is 5.39 Å². The minimum Gasteiger partial charge on any atom is -0.398 e. The van der Waals surface area contributed by atoms with E-state index < -0.39 is 11.9 Å². The maximum absolute atomic E-state index is 12.5. The molecule has 1 heterocycles. The molecule has 2 N–H and O–H groups in total. The topological polar surface area (TPSA) is 38.9 Å². The van der Waals surface area contributed by atoms with Gasteiger partial charge < -0.3 is 5.73 Å². The van der Waals surface area contributed by atoms with Crippen LogP contribution in [0.3, 0.4) is 0 Å². The van der Waals surface area contributed by atoms with Gasteiger partial charge in [-0.15, -0.1) is 0 Å². The third kappa shape index (κ3) is 1.80. The normalized spacial score (nSPS) is 12.0. The predicted molar refractivity (Wildman–Crippen MR) is 55.9 cm³/mol. The number of hydrogen-bond acceptors (Lipinski definition) is 2. The molecule has 0 aliphatic rings. The average Bonchev–Trinajstić information content (AvgIpc) is 2.17. The minimum absolute atomic E-state index is 0.0982. The lowest BCUT2D eigenvalue weighted by Crippen LogP contribution is -2.09. The van der Waals surface area contributed by atoms with E-state index in [0.717, 1.165) is 11.6 Å². The minimum atomic E-state index is -4.47. The van der Waals surface area contributed by atoms with Crippen LogP contribution in [0.25, 0.3) is 10.9 Å². The van der Waals surface area contributed by atoms with Gasteiger partial charge in [-0.05, 0) is 25.1 Å². The molecule has 0 saturated carbocycles. The van der Waals surface area contributed by atoms with Gasteiger partial charge in [-0.1, -0.05) is 11.6 Å². The first kappa shape index (κ1) is 10.7. The fraction of sp³-hybridized carbons (Fsp3) is 0.182. The highest BCUT2D eigenvalue weighted by Gasteiger charge is 2.33. The molecule has 0 unspecified atom stereocenters. The third-order valence-electron chi connectivity index (χ3n) is 2.29. The van der Waals surface area contributed by atoms with Crippen molar-refractivity contribution in [3.8, 4) is 0 Å². The molecule has 5 heteroatoms. The fourth-order valence-corrected chi connectivity index (χ4v) is 1.51. The molecule has 0 amide bonds. The highest BCUT2D eigenvalue weighted by molar-refractivity contribution is 5.90. The third-order valence-corrected chi connectivity index (χ3v) is 2.29. The maximum Gasteiger partial charge on any atom is 0.433 e. The van der Waals surface area contributed by atoms with Gasteiger partial charge in [0.25, 0.3) is 0 Å². The van der Waals surface area contributed by atoms with Crippen LogP contribution in [-0.2, 0) is 6.18 Å². The number of nitrogens with zero attached hydrogens (tertiary/aromatic N) is 1. The molecular formula is C11H9F3N2. The number of benzene rings is 1. The van der Waals surface area contributed by atoms with Gasteiger partial charge in [0.2, 0.25) is 0 Å². The molecule has 0 fully saturated rings. The van der Waals surface area contributed by atoms with Crippen molar-refractivity contribution in [2.24, 2.45) is 0 Å².